The minimum Gasteiger partial charge on any atom is -0.491 e. The van der Waals surface area contributed by atoms with E-state index < -0.39 is 0 Å². The second-order valence-electron chi connectivity index (χ2n) is 39.2. The molecule has 2 aliphatic carbocycles. The van der Waals surface area contributed by atoms with Crippen LogP contribution in [0, 0.1) is 13.8 Å². The standard InChI is InChI=1S/C112H178N4O2S4/c1-9-15-21-27-33-37-41-45-49-53-57-61-65-71-77-111(78-72-66-62-58-54-50-46-42-38-34-28-22-16-10-2)96-86-92-97(85-91(96)101-98(111)83-89(7)103-105(101)115-121-113-103)112(79-73-67-63-59-55-51-47-43-39-35-29-23-17-11-3,80-74-68-64-60-56-52-48-44-40-36-30-24-18-12-4)99-87-93(104-106(102(92)99)116-122-114-104)100-88-95-108(118-82-76-70-32-26-20-14-6)109-94(84-90(8)119-109)107(110(95)120-100)117-81-75-69-31-25-19-13-5/h83-88H,9-82H2,1-8H3. The van der Waals surface area contributed by atoms with Crippen LogP contribution in [0.2, 0.25) is 0 Å². The SMILES string of the molecule is CCCCCCCCCCCCCCCCC1(CCCCCCCCCCCCCCCC)c2cc3c(cc2-c2c1cc(C)c1nsnc21)C(CCCCCCCCCCCCCCCC)(CCCCCCCCCCCCCCCC)c1cc(-c2cc4c(OCCCCCCCC)c5sc(C)cc5c(OCCCCCCCC)c4s2)c2nsnc2c1-3. The summed E-state index contributed by atoms with van der Waals surface area (Å²) in [6.07, 6.45) is 96.6. The van der Waals surface area contributed by atoms with Gasteiger partial charge in [-0.15, -0.1) is 22.7 Å². The second-order valence-corrected chi connectivity index (χ2v) is 42.6. The molecule has 682 valence electrons. The van der Waals surface area contributed by atoms with Gasteiger partial charge in [-0.1, -0.05) is 471 Å². The fraction of sp³-hybridized carbons (Fsp3) is 0.750. The van der Waals surface area contributed by atoms with Crippen molar-refractivity contribution in [2.75, 3.05) is 13.2 Å². The molecule has 0 unspecified atom stereocenters. The fourth-order valence-corrected chi connectivity index (χ4v) is 25.2. The number of ether oxygens (including phenoxy) is 2. The van der Waals surface area contributed by atoms with Gasteiger partial charge in [0.2, 0.25) is 0 Å². The van der Waals surface area contributed by atoms with Gasteiger partial charge in [0.05, 0.1) is 46.1 Å². The van der Waals surface area contributed by atoms with Crippen LogP contribution in [0.4, 0.5) is 0 Å². The summed E-state index contributed by atoms with van der Waals surface area (Å²) in [4.78, 5) is 2.58. The summed E-state index contributed by atoms with van der Waals surface area (Å²) < 4.78 is 39.0. The smallest absolute Gasteiger partial charge is 0.146 e. The largest absolute Gasteiger partial charge is 0.491 e. The van der Waals surface area contributed by atoms with Crippen molar-refractivity contribution >= 4 is 88.4 Å². The molecule has 10 heteroatoms. The van der Waals surface area contributed by atoms with Crippen LogP contribution in [0.3, 0.4) is 0 Å². The predicted molar refractivity (Wildman–Crippen MR) is 544 cm³/mol. The molecule has 4 heterocycles. The summed E-state index contributed by atoms with van der Waals surface area (Å²) in [5, 5.41) is 2.43. The number of hydrogen-bond donors (Lipinski definition) is 0. The molecular formula is C112H178N4O2S4. The number of aromatic nitrogens is 4. The molecule has 4 aromatic carbocycles. The summed E-state index contributed by atoms with van der Waals surface area (Å²) in [5.74, 6) is 2.12. The van der Waals surface area contributed by atoms with Crippen LogP contribution >= 0.6 is 46.1 Å². The van der Waals surface area contributed by atoms with E-state index in [2.05, 4.69) is 91.8 Å². The first-order chi connectivity index (χ1) is 60.3. The van der Waals surface area contributed by atoms with E-state index in [1.54, 1.807) is 16.7 Å². The lowest BCUT2D eigenvalue weighted by molar-refractivity contribution is 0.307. The van der Waals surface area contributed by atoms with Crippen molar-refractivity contribution in [3.63, 3.8) is 0 Å². The first-order valence-corrected chi connectivity index (χ1v) is 56.4. The molecule has 122 heavy (non-hydrogen) atoms. The van der Waals surface area contributed by atoms with Crippen molar-refractivity contribution in [3.05, 3.63) is 69.1 Å². The number of nitrogens with zero attached hydrogens (tertiary/aromatic N) is 4. The highest BCUT2D eigenvalue weighted by Gasteiger charge is 2.50. The lowest BCUT2D eigenvalue weighted by Gasteiger charge is -2.35. The normalized spacial score (nSPS) is 13.3. The van der Waals surface area contributed by atoms with E-state index in [-0.39, 0.29) is 10.8 Å². The average molecular weight is 1740 g/mol. The first-order valence-electron chi connectivity index (χ1n) is 53.3. The fourth-order valence-electron chi connectivity index (χ4n) is 21.8. The molecule has 8 aromatic rings. The summed E-state index contributed by atoms with van der Waals surface area (Å²) in [5.41, 5.74) is 18.8. The predicted octanol–water partition coefficient (Wildman–Crippen LogP) is 39.9. The highest BCUT2D eigenvalue weighted by Crippen LogP contribution is 2.64. The van der Waals surface area contributed by atoms with Gasteiger partial charge in [0.1, 0.15) is 33.6 Å². The molecule has 4 aromatic heterocycles. The molecule has 0 amide bonds. The number of unbranched alkanes of at least 4 members (excludes halogenated alkanes) is 62. The Morgan fingerprint density at radius 1 is 0.246 bits per heavy atom. The van der Waals surface area contributed by atoms with Crippen LogP contribution in [0.15, 0.2) is 36.4 Å². The van der Waals surface area contributed by atoms with Gasteiger partial charge in [-0.2, -0.15) is 17.5 Å². The van der Waals surface area contributed by atoms with E-state index in [0.717, 1.165) is 72.5 Å². The molecule has 2 aliphatic rings. The zero-order valence-corrected chi connectivity index (χ0v) is 83.3. The molecular weight excluding hydrogens is 1560 g/mol. The summed E-state index contributed by atoms with van der Waals surface area (Å²) in [6, 6.07) is 16.1. The summed E-state index contributed by atoms with van der Waals surface area (Å²) in [6.45, 7) is 20.1. The molecule has 10 rings (SSSR count). The van der Waals surface area contributed by atoms with Gasteiger partial charge >= 0.3 is 0 Å². The molecule has 6 nitrogen and oxygen atoms in total. The van der Waals surface area contributed by atoms with Crippen molar-refractivity contribution in [2.24, 2.45) is 0 Å². The third-order valence-corrected chi connectivity index (χ3v) is 32.4. The monoisotopic (exact) mass is 1740 g/mol. The van der Waals surface area contributed by atoms with Crippen molar-refractivity contribution in [1.29, 1.82) is 0 Å². The van der Waals surface area contributed by atoms with Crippen LogP contribution in [-0.2, 0) is 10.8 Å². The zero-order chi connectivity index (χ0) is 85.3. The van der Waals surface area contributed by atoms with Crippen molar-refractivity contribution in [3.8, 4) is 44.2 Å². The lowest BCUT2D eigenvalue weighted by atomic mass is 9.68. The number of hydrogen-bond acceptors (Lipinski definition) is 10. The van der Waals surface area contributed by atoms with Crippen LogP contribution in [-0.4, -0.2) is 30.7 Å². The van der Waals surface area contributed by atoms with Crippen molar-refractivity contribution in [1.82, 2.24) is 17.5 Å². The maximum absolute atomic E-state index is 7.27. The van der Waals surface area contributed by atoms with Crippen molar-refractivity contribution < 1.29 is 9.47 Å². The van der Waals surface area contributed by atoms with Gasteiger partial charge in [0.25, 0.3) is 0 Å². The van der Waals surface area contributed by atoms with Gasteiger partial charge in [-0.25, -0.2) is 0 Å². The van der Waals surface area contributed by atoms with E-state index in [1.165, 1.54) is 529 Å². The Hall–Kier alpha value is -3.96. The third kappa shape index (κ3) is 30.1. The van der Waals surface area contributed by atoms with Gasteiger partial charge in [-0.3, -0.25) is 0 Å². The average Bonchev–Trinajstić information content (AvgIpc) is 1.51. The molecule has 0 bridgehead atoms. The Kier molecular flexibility index (Phi) is 48.1. The second kappa shape index (κ2) is 58.6. The summed E-state index contributed by atoms with van der Waals surface area (Å²) >= 11 is 6.74. The molecule has 0 N–H and O–H groups in total. The summed E-state index contributed by atoms with van der Waals surface area (Å²) in [7, 11) is 0. The maximum Gasteiger partial charge on any atom is 0.146 e. The van der Waals surface area contributed by atoms with Crippen LogP contribution in [0.25, 0.3) is 74.9 Å². The Balaban J connectivity index is 1.06. The van der Waals surface area contributed by atoms with Crippen LogP contribution in [0.5, 0.6) is 11.5 Å². The molecule has 0 spiro atoms. The van der Waals surface area contributed by atoms with Crippen molar-refractivity contribution in [2.45, 2.75) is 529 Å². The van der Waals surface area contributed by atoms with Gasteiger partial charge in [0, 0.05) is 48.0 Å². The van der Waals surface area contributed by atoms with Gasteiger partial charge in [0.15, 0.2) is 0 Å². The topological polar surface area (TPSA) is 70.0 Å². The highest BCUT2D eigenvalue weighted by molar-refractivity contribution is 7.23. The molecule has 0 fully saturated rings. The van der Waals surface area contributed by atoms with Crippen LogP contribution in [0.1, 0.15) is 537 Å². The molecule has 0 aliphatic heterocycles. The lowest BCUT2D eigenvalue weighted by Crippen LogP contribution is -2.27. The Morgan fingerprint density at radius 2 is 0.500 bits per heavy atom. The minimum atomic E-state index is -0.215. The zero-order valence-electron chi connectivity index (χ0n) is 80.0. The first kappa shape index (κ1) is 100. The molecule has 0 radical (unpaired) electrons. The van der Waals surface area contributed by atoms with Gasteiger partial charge in [-0.05, 0) is 122 Å². The van der Waals surface area contributed by atoms with Crippen LogP contribution < -0.4 is 9.47 Å². The van der Waals surface area contributed by atoms with E-state index in [9.17, 15) is 0 Å². The number of thiophene rings is 2. The third-order valence-electron chi connectivity index (χ3n) is 29.1. The van der Waals surface area contributed by atoms with E-state index in [1.807, 2.05) is 22.7 Å². The Morgan fingerprint density at radius 3 is 0.828 bits per heavy atom. The van der Waals surface area contributed by atoms with E-state index in [0.29, 0.717) is 0 Å². The number of aryl methyl sites for hydroxylation is 2. The Bertz CT molecular complexity index is 3990. The maximum atomic E-state index is 7.27. The molecule has 0 atom stereocenters. The van der Waals surface area contributed by atoms with E-state index in [4.69, 9.17) is 27.0 Å². The molecule has 0 saturated carbocycles. The molecule has 0 saturated heterocycles. The highest BCUT2D eigenvalue weighted by atomic mass is 32.1. The quantitative estimate of drug-likeness (QED) is 0.0354. The Labute approximate surface area is 764 Å². The minimum absolute atomic E-state index is 0.127. The number of rotatable bonds is 77. The van der Waals surface area contributed by atoms with E-state index >= 15 is 0 Å². The van der Waals surface area contributed by atoms with Gasteiger partial charge < -0.3 is 9.47 Å². The number of fused-ring (bicyclic) bond motifs is 12. The number of benzene rings is 4.